The van der Waals surface area contributed by atoms with E-state index >= 15 is 0 Å². The molecule has 0 fully saturated rings. The standard InChI is InChI=1S/C17H36N4O4/c18-12-6-4-10-16(20,14(22)23)8-2-1-3-9-17(21,15(24)25)11-5-7-13-19/h1-13,18-21H2,(H,22,23)(H,24,25). The van der Waals surface area contributed by atoms with Crippen LogP contribution in [0.4, 0.5) is 0 Å². The van der Waals surface area contributed by atoms with Gasteiger partial charge in [-0.15, -0.1) is 0 Å². The van der Waals surface area contributed by atoms with Gasteiger partial charge in [0, 0.05) is 0 Å². The molecule has 2 unspecified atom stereocenters. The monoisotopic (exact) mass is 360 g/mol. The third-order valence-electron chi connectivity index (χ3n) is 4.75. The molecule has 0 radical (unpaired) electrons. The molecule has 10 N–H and O–H groups in total. The van der Waals surface area contributed by atoms with E-state index < -0.39 is 23.0 Å². The van der Waals surface area contributed by atoms with Crippen LogP contribution in [0.15, 0.2) is 0 Å². The summed E-state index contributed by atoms with van der Waals surface area (Å²) in [5.74, 6) is -1.99. The van der Waals surface area contributed by atoms with Gasteiger partial charge in [0.25, 0.3) is 0 Å². The largest absolute Gasteiger partial charge is 0.480 e. The molecule has 0 aromatic heterocycles. The highest BCUT2D eigenvalue weighted by Gasteiger charge is 2.34. The van der Waals surface area contributed by atoms with Gasteiger partial charge in [-0.3, -0.25) is 9.59 Å². The number of carboxylic acid groups (broad SMARTS) is 2. The van der Waals surface area contributed by atoms with Gasteiger partial charge in [-0.1, -0.05) is 19.3 Å². The van der Waals surface area contributed by atoms with E-state index in [4.69, 9.17) is 22.9 Å². The Morgan fingerprint density at radius 2 is 0.880 bits per heavy atom. The Balaban J connectivity index is 4.29. The van der Waals surface area contributed by atoms with Crippen molar-refractivity contribution in [3.8, 4) is 0 Å². The molecule has 0 aliphatic carbocycles. The van der Waals surface area contributed by atoms with Crippen LogP contribution in [0, 0.1) is 0 Å². The van der Waals surface area contributed by atoms with Gasteiger partial charge in [-0.05, 0) is 64.5 Å². The quantitative estimate of drug-likeness (QED) is 0.218. The molecule has 0 bridgehead atoms. The summed E-state index contributed by atoms with van der Waals surface area (Å²) in [7, 11) is 0. The zero-order valence-electron chi connectivity index (χ0n) is 15.2. The molecule has 0 saturated carbocycles. The fourth-order valence-corrected chi connectivity index (χ4v) is 2.90. The molecule has 0 heterocycles. The van der Waals surface area contributed by atoms with Crippen LogP contribution < -0.4 is 22.9 Å². The molecular weight excluding hydrogens is 324 g/mol. The number of hydrogen-bond acceptors (Lipinski definition) is 6. The first-order valence-corrected chi connectivity index (χ1v) is 9.16. The fraction of sp³-hybridized carbons (Fsp3) is 0.882. The van der Waals surface area contributed by atoms with Gasteiger partial charge < -0.3 is 33.1 Å². The smallest absolute Gasteiger partial charge is 0.323 e. The van der Waals surface area contributed by atoms with E-state index in [0.29, 0.717) is 70.9 Å². The number of carbonyl (C=O) groups is 2. The normalized spacial score (nSPS) is 16.2. The molecule has 148 valence electrons. The molecule has 8 nitrogen and oxygen atoms in total. The number of nitrogens with two attached hydrogens (primary N) is 4. The molecule has 0 saturated heterocycles. The zero-order chi connectivity index (χ0) is 19.3. The Morgan fingerprint density at radius 1 is 0.600 bits per heavy atom. The lowest BCUT2D eigenvalue weighted by atomic mass is 9.85. The fourth-order valence-electron chi connectivity index (χ4n) is 2.90. The van der Waals surface area contributed by atoms with E-state index in [9.17, 15) is 19.8 Å². The van der Waals surface area contributed by atoms with Crippen molar-refractivity contribution >= 4 is 11.9 Å². The third-order valence-corrected chi connectivity index (χ3v) is 4.75. The topological polar surface area (TPSA) is 179 Å². The summed E-state index contributed by atoms with van der Waals surface area (Å²) in [4.78, 5) is 22.8. The van der Waals surface area contributed by atoms with Crippen molar-refractivity contribution in [2.45, 2.75) is 81.7 Å². The SMILES string of the molecule is NCCCCC(N)(CCCCCC(N)(CCCCN)C(=O)O)C(=O)O. The first-order chi connectivity index (χ1) is 11.7. The van der Waals surface area contributed by atoms with E-state index in [1.165, 1.54) is 0 Å². The van der Waals surface area contributed by atoms with Crippen molar-refractivity contribution in [3.63, 3.8) is 0 Å². The Kier molecular flexibility index (Phi) is 11.6. The lowest BCUT2D eigenvalue weighted by Gasteiger charge is -2.26. The van der Waals surface area contributed by atoms with Gasteiger partial charge in [0.15, 0.2) is 0 Å². The van der Waals surface area contributed by atoms with Gasteiger partial charge in [-0.25, -0.2) is 0 Å². The van der Waals surface area contributed by atoms with E-state index in [1.54, 1.807) is 0 Å². The molecule has 2 atom stereocenters. The minimum absolute atomic E-state index is 0.366. The predicted molar refractivity (Wildman–Crippen MR) is 98.0 cm³/mol. The predicted octanol–water partition coefficient (Wildman–Crippen LogP) is 0.759. The average Bonchev–Trinajstić information content (AvgIpc) is 2.54. The van der Waals surface area contributed by atoms with E-state index in [2.05, 4.69) is 0 Å². The van der Waals surface area contributed by atoms with Gasteiger partial charge in [0.2, 0.25) is 0 Å². The molecule has 8 heteroatoms. The van der Waals surface area contributed by atoms with Crippen LogP contribution in [0.5, 0.6) is 0 Å². The van der Waals surface area contributed by atoms with Crippen molar-refractivity contribution in [2.75, 3.05) is 13.1 Å². The molecule has 25 heavy (non-hydrogen) atoms. The van der Waals surface area contributed by atoms with Crippen LogP contribution in [0.2, 0.25) is 0 Å². The van der Waals surface area contributed by atoms with Crippen LogP contribution in [0.3, 0.4) is 0 Å². The Morgan fingerprint density at radius 3 is 1.12 bits per heavy atom. The van der Waals surface area contributed by atoms with Crippen molar-refractivity contribution in [1.29, 1.82) is 0 Å². The Labute approximate surface area is 150 Å². The molecule has 0 aromatic carbocycles. The third kappa shape index (κ3) is 9.15. The highest BCUT2D eigenvalue weighted by Crippen LogP contribution is 2.23. The van der Waals surface area contributed by atoms with E-state index in [0.717, 1.165) is 12.8 Å². The maximum atomic E-state index is 11.4. The molecule has 0 aliphatic rings. The van der Waals surface area contributed by atoms with Crippen molar-refractivity contribution in [1.82, 2.24) is 0 Å². The van der Waals surface area contributed by atoms with Gasteiger partial charge in [-0.2, -0.15) is 0 Å². The molecule has 0 aromatic rings. The van der Waals surface area contributed by atoms with E-state index in [-0.39, 0.29) is 0 Å². The molecule has 0 spiro atoms. The van der Waals surface area contributed by atoms with Crippen molar-refractivity contribution in [3.05, 3.63) is 0 Å². The number of aliphatic carboxylic acids is 2. The lowest BCUT2D eigenvalue weighted by Crippen LogP contribution is -2.48. The minimum Gasteiger partial charge on any atom is -0.480 e. The Hall–Kier alpha value is -1.22. The first-order valence-electron chi connectivity index (χ1n) is 9.16. The number of unbranched alkanes of at least 4 members (excludes halogenated alkanes) is 4. The van der Waals surface area contributed by atoms with E-state index in [1.807, 2.05) is 0 Å². The number of carboxylic acids is 2. The molecule has 0 rings (SSSR count). The summed E-state index contributed by atoms with van der Waals surface area (Å²) < 4.78 is 0. The minimum atomic E-state index is -1.23. The second kappa shape index (κ2) is 12.2. The average molecular weight is 360 g/mol. The molecule has 0 amide bonds. The van der Waals surface area contributed by atoms with Gasteiger partial charge >= 0.3 is 11.9 Å². The highest BCUT2D eigenvalue weighted by molar-refractivity contribution is 5.78. The van der Waals surface area contributed by atoms with Crippen LogP contribution in [-0.2, 0) is 9.59 Å². The van der Waals surface area contributed by atoms with Crippen molar-refractivity contribution < 1.29 is 19.8 Å². The number of rotatable bonds is 16. The zero-order valence-corrected chi connectivity index (χ0v) is 15.2. The summed E-state index contributed by atoms with van der Waals surface area (Å²) in [5.41, 5.74) is 20.4. The van der Waals surface area contributed by atoms with Crippen LogP contribution in [-0.4, -0.2) is 46.3 Å². The summed E-state index contributed by atoms with van der Waals surface area (Å²) in [6.45, 7) is 1.04. The second-order valence-electron chi connectivity index (χ2n) is 6.97. The van der Waals surface area contributed by atoms with Crippen molar-refractivity contribution in [2.24, 2.45) is 22.9 Å². The molecular formula is C17H36N4O4. The highest BCUT2D eigenvalue weighted by atomic mass is 16.4. The maximum absolute atomic E-state index is 11.4. The first kappa shape index (κ1) is 23.8. The summed E-state index contributed by atoms with van der Waals surface area (Å²) in [5, 5.41) is 18.7. The summed E-state index contributed by atoms with van der Waals surface area (Å²) in [6.07, 6.45) is 6.36. The van der Waals surface area contributed by atoms with Gasteiger partial charge in [0.05, 0.1) is 0 Å². The summed E-state index contributed by atoms with van der Waals surface area (Å²) >= 11 is 0. The van der Waals surface area contributed by atoms with Crippen LogP contribution in [0.25, 0.3) is 0 Å². The molecule has 0 aliphatic heterocycles. The lowest BCUT2D eigenvalue weighted by molar-refractivity contribution is -0.144. The van der Waals surface area contributed by atoms with Crippen LogP contribution >= 0.6 is 0 Å². The summed E-state index contributed by atoms with van der Waals surface area (Å²) in [6, 6.07) is 0. The number of hydrogen-bond donors (Lipinski definition) is 6. The van der Waals surface area contributed by atoms with Gasteiger partial charge in [0.1, 0.15) is 11.1 Å². The maximum Gasteiger partial charge on any atom is 0.323 e. The second-order valence-corrected chi connectivity index (χ2v) is 6.97. The van der Waals surface area contributed by atoms with Crippen LogP contribution in [0.1, 0.15) is 70.6 Å². The Bertz CT molecular complexity index is 372.